The van der Waals surface area contributed by atoms with E-state index in [9.17, 15) is 22.8 Å². The van der Waals surface area contributed by atoms with E-state index in [-0.39, 0.29) is 5.78 Å². The molecule has 0 aromatic carbocycles. The van der Waals surface area contributed by atoms with E-state index in [4.69, 9.17) is 0 Å². The van der Waals surface area contributed by atoms with Crippen LogP contribution in [-0.2, 0) is 19.3 Å². The molecule has 0 fully saturated rings. The van der Waals surface area contributed by atoms with Gasteiger partial charge in [0.1, 0.15) is 0 Å². The molecule has 0 atom stereocenters. The second-order valence-electron chi connectivity index (χ2n) is 6.92. The van der Waals surface area contributed by atoms with Gasteiger partial charge < -0.3 is 9.13 Å². The van der Waals surface area contributed by atoms with Crippen molar-refractivity contribution in [2.45, 2.75) is 53.4 Å². The number of Topliss-reactive ketones (excluding diaryl/α,β-unsaturated/α-hetero) is 1. The second kappa shape index (κ2) is 7.51. The molecule has 2 aromatic rings. The molecule has 0 aliphatic heterocycles. The molecule has 26 heavy (non-hydrogen) atoms. The molecule has 0 bridgehead atoms. The number of carbonyl (C=O) groups excluding carboxylic acids is 1. The first-order chi connectivity index (χ1) is 12.0. The first-order valence-electron chi connectivity index (χ1n) is 8.48. The molecule has 2 rings (SSSR count). The zero-order valence-electron chi connectivity index (χ0n) is 15.4. The quantitative estimate of drug-likeness (QED) is 0.717. The van der Waals surface area contributed by atoms with E-state index in [1.807, 2.05) is 18.4 Å². The molecular weight excluding hydrogens is 345 g/mol. The summed E-state index contributed by atoms with van der Waals surface area (Å²) in [7, 11) is 0. The highest BCUT2D eigenvalue weighted by Gasteiger charge is 2.31. The SMILES string of the molecule is Cc1cc(C(=O)Cn2cc(C(F)(F)F)ccc2=O)c(C)n1CCC(C)C. The third kappa shape index (κ3) is 4.45. The molecule has 0 aliphatic rings. The molecule has 0 amide bonds. The number of aryl methyl sites for hydroxylation is 1. The highest BCUT2D eigenvalue weighted by molar-refractivity contribution is 5.97. The summed E-state index contributed by atoms with van der Waals surface area (Å²) in [6.45, 7) is 8.28. The van der Waals surface area contributed by atoms with Gasteiger partial charge in [0.25, 0.3) is 5.56 Å². The topological polar surface area (TPSA) is 44.0 Å². The van der Waals surface area contributed by atoms with Crippen molar-refractivity contribution < 1.29 is 18.0 Å². The summed E-state index contributed by atoms with van der Waals surface area (Å²) >= 11 is 0. The Morgan fingerprint density at radius 2 is 1.85 bits per heavy atom. The van der Waals surface area contributed by atoms with Gasteiger partial charge in [-0.1, -0.05) is 13.8 Å². The fraction of sp³-hybridized carbons (Fsp3) is 0.474. The maximum Gasteiger partial charge on any atom is 0.417 e. The Morgan fingerprint density at radius 1 is 1.19 bits per heavy atom. The van der Waals surface area contributed by atoms with Gasteiger partial charge >= 0.3 is 6.18 Å². The number of rotatable bonds is 6. The monoisotopic (exact) mass is 368 g/mol. The molecule has 2 aromatic heterocycles. The molecule has 0 radical (unpaired) electrons. The van der Waals surface area contributed by atoms with Gasteiger partial charge in [-0.3, -0.25) is 9.59 Å². The van der Waals surface area contributed by atoms with E-state index in [1.54, 1.807) is 6.07 Å². The molecule has 0 spiro atoms. The summed E-state index contributed by atoms with van der Waals surface area (Å²) in [5.41, 5.74) is 0.541. The van der Waals surface area contributed by atoms with Crippen molar-refractivity contribution in [1.82, 2.24) is 9.13 Å². The third-order valence-corrected chi connectivity index (χ3v) is 4.43. The van der Waals surface area contributed by atoms with Gasteiger partial charge in [0.15, 0.2) is 5.78 Å². The van der Waals surface area contributed by atoms with Crippen molar-refractivity contribution in [2.24, 2.45) is 5.92 Å². The van der Waals surface area contributed by atoms with Crippen LogP contribution in [0.3, 0.4) is 0 Å². The van der Waals surface area contributed by atoms with Crippen LogP contribution in [0.5, 0.6) is 0 Å². The molecule has 0 saturated carbocycles. The Hall–Kier alpha value is -2.31. The standard InChI is InChI=1S/C19H23F3N2O2/c1-12(2)7-8-24-13(3)9-16(14(24)4)17(25)11-23-10-15(19(20,21)22)5-6-18(23)26/h5-6,9-10,12H,7-8,11H2,1-4H3. The minimum absolute atomic E-state index is 0.379. The summed E-state index contributed by atoms with van der Waals surface area (Å²) in [6, 6.07) is 3.29. The lowest BCUT2D eigenvalue weighted by molar-refractivity contribution is -0.138. The van der Waals surface area contributed by atoms with Crippen LogP contribution in [0.25, 0.3) is 0 Å². The number of hydrogen-bond donors (Lipinski definition) is 0. The summed E-state index contributed by atoms with van der Waals surface area (Å²) in [5.74, 6) is 0.134. The number of ketones is 1. The molecule has 0 aliphatic carbocycles. The molecule has 142 valence electrons. The Labute approximate surface area is 150 Å². The molecular formula is C19H23F3N2O2. The second-order valence-corrected chi connectivity index (χ2v) is 6.92. The Bertz CT molecular complexity index is 861. The van der Waals surface area contributed by atoms with Crippen LogP contribution in [-0.4, -0.2) is 14.9 Å². The van der Waals surface area contributed by atoms with E-state index < -0.39 is 23.8 Å². The maximum atomic E-state index is 12.8. The predicted octanol–water partition coefficient (Wildman–Crippen LogP) is 4.21. The van der Waals surface area contributed by atoms with Crippen LogP contribution >= 0.6 is 0 Å². The van der Waals surface area contributed by atoms with E-state index >= 15 is 0 Å². The van der Waals surface area contributed by atoms with Gasteiger partial charge in [0.2, 0.25) is 0 Å². The zero-order valence-corrected chi connectivity index (χ0v) is 15.4. The average Bonchev–Trinajstić information content (AvgIpc) is 2.81. The summed E-state index contributed by atoms with van der Waals surface area (Å²) in [6.07, 6.45) is -2.92. The normalized spacial score (nSPS) is 12.0. The van der Waals surface area contributed by atoms with Crippen LogP contribution < -0.4 is 5.56 Å². The molecule has 2 heterocycles. The van der Waals surface area contributed by atoms with Crippen LogP contribution in [0, 0.1) is 19.8 Å². The van der Waals surface area contributed by atoms with Crippen molar-refractivity contribution in [3.05, 3.63) is 57.3 Å². The van der Waals surface area contributed by atoms with Gasteiger partial charge in [-0.25, -0.2) is 0 Å². The first-order valence-corrected chi connectivity index (χ1v) is 8.48. The van der Waals surface area contributed by atoms with Crippen molar-refractivity contribution in [3.8, 4) is 0 Å². The molecule has 4 nitrogen and oxygen atoms in total. The molecule has 0 saturated heterocycles. The van der Waals surface area contributed by atoms with Crippen molar-refractivity contribution in [1.29, 1.82) is 0 Å². The smallest absolute Gasteiger partial charge is 0.348 e. The summed E-state index contributed by atoms with van der Waals surface area (Å²) < 4.78 is 41.3. The Morgan fingerprint density at radius 3 is 2.42 bits per heavy atom. The van der Waals surface area contributed by atoms with Crippen molar-refractivity contribution in [2.75, 3.05) is 0 Å². The highest BCUT2D eigenvalue weighted by atomic mass is 19.4. The average molecular weight is 368 g/mol. The molecule has 0 N–H and O–H groups in total. The fourth-order valence-corrected chi connectivity index (χ4v) is 2.88. The zero-order chi connectivity index (χ0) is 19.6. The van der Waals surface area contributed by atoms with Gasteiger partial charge in [-0.15, -0.1) is 0 Å². The van der Waals surface area contributed by atoms with E-state index in [0.29, 0.717) is 17.7 Å². The molecule has 0 unspecified atom stereocenters. The van der Waals surface area contributed by atoms with Gasteiger partial charge in [-0.2, -0.15) is 13.2 Å². The minimum atomic E-state index is -4.56. The van der Waals surface area contributed by atoms with Gasteiger partial charge in [0, 0.05) is 35.8 Å². The highest BCUT2D eigenvalue weighted by Crippen LogP contribution is 2.28. The minimum Gasteiger partial charge on any atom is -0.348 e. The van der Waals surface area contributed by atoms with E-state index in [2.05, 4.69) is 13.8 Å². The lowest BCUT2D eigenvalue weighted by atomic mass is 10.1. The predicted molar refractivity (Wildman–Crippen MR) is 93.4 cm³/mol. The lowest BCUT2D eigenvalue weighted by Gasteiger charge is -2.12. The van der Waals surface area contributed by atoms with E-state index in [0.717, 1.165) is 41.1 Å². The third-order valence-electron chi connectivity index (χ3n) is 4.43. The summed E-state index contributed by atoms with van der Waals surface area (Å²) in [4.78, 5) is 24.4. The number of pyridine rings is 1. The number of carbonyl (C=O) groups is 1. The van der Waals surface area contributed by atoms with Crippen molar-refractivity contribution >= 4 is 5.78 Å². The number of aromatic nitrogens is 2. The number of alkyl halides is 3. The maximum absolute atomic E-state index is 12.8. The molecule has 7 heteroatoms. The first kappa shape index (κ1) is 20.0. The Balaban J connectivity index is 2.29. The summed E-state index contributed by atoms with van der Waals surface area (Å²) in [5, 5.41) is 0. The van der Waals surface area contributed by atoms with Gasteiger partial charge in [-0.05, 0) is 38.3 Å². The van der Waals surface area contributed by atoms with E-state index in [1.165, 1.54) is 0 Å². The van der Waals surface area contributed by atoms with Crippen LogP contribution in [0.4, 0.5) is 13.2 Å². The fourth-order valence-electron chi connectivity index (χ4n) is 2.88. The number of halogens is 3. The van der Waals surface area contributed by atoms with Gasteiger partial charge in [0.05, 0.1) is 12.1 Å². The largest absolute Gasteiger partial charge is 0.417 e. The lowest BCUT2D eigenvalue weighted by Crippen LogP contribution is -2.25. The van der Waals surface area contributed by atoms with Crippen LogP contribution in [0.15, 0.2) is 29.2 Å². The van der Waals surface area contributed by atoms with Crippen LogP contribution in [0.2, 0.25) is 0 Å². The van der Waals surface area contributed by atoms with Crippen LogP contribution in [0.1, 0.15) is 47.6 Å². The Kier molecular flexibility index (Phi) is 5.78. The number of hydrogen-bond acceptors (Lipinski definition) is 2. The number of nitrogens with zero attached hydrogens (tertiary/aromatic N) is 2. The van der Waals surface area contributed by atoms with Crippen molar-refractivity contribution in [3.63, 3.8) is 0 Å².